The van der Waals surface area contributed by atoms with Crippen LogP contribution in [0.25, 0.3) is 10.9 Å². The van der Waals surface area contributed by atoms with Gasteiger partial charge in [0.15, 0.2) is 0 Å². The van der Waals surface area contributed by atoms with Crippen molar-refractivity contribution >= 4 is 33.9 Å². The first kappa shape index (κ1) is 19.6. The van der Waals surface area contributed by atoms with Gasteiger partial charge in [0.2, 0.25) is 0 Å². The molecule has 9 heteroatoms. The van der Waals surface area contributed by atoms with E-state index in [-0.39, 0.29) is 17.0 Å². The van der Waals surface area contributed by atoms with E-state index in [4.69, 9.17) is 0 Å². The summed E-state index contributed by atoms with van der Waals surface area (Å²) < 4.78 is 0. The predicted molar refractivity (Wildman–Crippen MR) is 114 cm³/mol. The number of rotatable bonds is 4. The number of carbonyl (C=O) groups excluding carboxylic acids is 1. The molecule has 3 aromatic rings. The highest BCUT2D eigenvalue weighted by Gasteiger charge is 2.23. The van der Waals surface area contributed by atoms with Crippen molar-refractivity contribution < 1.29 is 14.8 Å². The lowest BCUT2D eigenvalue weighted by Crippen LogP contribution is -2.44. The highest BCUT2D eigenvalue weighted by Crippen LogP contribution is 2.33. The van der Waals surface area contributed by atoms with Gasteiger partial charge < -0.3 is 20.2 Å². The summed E-state index contributed by atoms with van der Waals surface area (Å²) in [6.45, 7) is 3.17. The van der Waals surface area contributed by atoms with Crippen molar-refractivity contribution in [2.45, 2.75) is 0 Å². The number of fused-ring (bicyclic) bond motifs is 1. The van der Waals surface area contributed by atoms with E-state index >= 15 is 0 Å². The standard InChI is InChI=1S/C21H21N5O4/c1-24-8-10-25(11-9-24)18-7-6-14(26(29)30)12-17(18)23-21(28)20-15-4-2-3-5-16(15)22-13-19(20)27/h2-7,12-13,27H,8-11H2,1H3,(H,23,28). The van der Waals surface area contributed by atoms with Crippen molar-refractivity contribution in [2.24, 2.45) is 0 Å². The minimum atomic E-state index is -0.554. The number of carbonyl (C=O) groups is 1. The maximum absolute atomic E-state index is 13.1. The Bertz CT molecular complexity index is 1130. The van der Waals surface area contributed by atoms with E-state index in [2.05, 4.69) is 20.1 Å². The van der Waals surface area contributed by atoms with Crippen molar-refractivity contribution in [2.75, 3.05) is 43.4 Å². The molecule has 1 aromatic heterocycles. The molecule has 2 aromatic carbocycles. The van der Waals surface area contributed by atoms with Gasteiger partial charge in [-0.2, -0.15) is 0 Å². The molecule has 1 aliphatic rings. The van der Waals surface area contributed by atoms with Crippen molar-refractivity contribution in [3.05, 3.63) is 64.3 Å². The van der Waals surface area contributed by atoms with Crippen LogP contribution in [-0.4, -0.2) is 59.0 Å². The van der Waals surface area contributed by atoms with E-state index in [1.807, 2.05) is 7.05 Å². The molecule has 30 heavy (non-hydrogen) atoms. The number of para-hydroxylation sites is 1. The van der Waals surface area contributed by atoms with E-state index < -0.39 is 10.8 Å². The molecule has 9 nitrogen and oxygen atoms in total. The fourth-order valence-electron chi connectivity index (χ4n) is 3.62. The molecule has 0 aliphatic carbocycles. The molecule has 4 rings (SSSR count). The van der Waals surface area contributed by atoms with Gasteiger partial charge in [-0.1, -0.05) is 18.2 Å². The van der Waals surface area contributed by atoms with Crippen molar-refractivity contribution in [1.29, 1.82) is 0 Å². The summed E-state index contributed by atoms with van der Waals surface area (Å²) in [5.41, 5.74) is 1.57. The van der Waals surface area contributed by atoms with Gasteiger partial charge in [-0.3, -0.25) is 19.9 Å². The van der Waals surface area contributed by atoms with E-state index in [1.165, 1.54) is 18.3 Å². The topological polar surface area (TPSA) is 112 Å². The van der Waals surface area contributed by atoms with Gasteiger partial charge in [-0.05, 0) is 19.2 Å². The molecule has 1 fully saturated rings. The molecule has 1 saturated heterocycles. The molecular weight excluding hydrogens is 386 g/mol. The van der Waals surface area contributed by atoms with E-state index in [0.29, 0.717) is 22.3 Å². The summed E-state index contributed by atoms with van der Waals surface area (Å²) in [4.78, 5) is 32.3. The number of piperazine rings is 1. The second kappa shape index (κ2) is 7.96. The Kier molecular flexibility index (Phi) is 5.20. The third-order valence-corrected chi connectivity index (χ3v) is 5.27. The highest BCUT2D eigenvalue weighted by molar-refractivity contribution is 6.15. The molecule has 0 atom stereocenters. The Hall–Kier alpha value is -3.72. The molecular formula is C21H21N5O4. The summed E-state index contributed by atoms with van der Waals surface area (Å²) in [5.74, 6) is -0.806. The third kappa shape index (κ3) is 3.74. The fourth-order valence-corrected chi connectivity index (χ4v) is 3.62. The number of aromatic hydroxyl groups is 1. The number of nitro groups is 1. The van der Waals surface area contributed by atoms with Crippen LogP contribution in [0.15, 0.2) is 48.7 Å². The van der Waals surface area contributed by atoms with E-state index in [1.54, 1.807) is 30.3 Å². The Morgan fingerprint density at radius 3 is 2.63 bits per heavy atom. The van der Waals surface area contributed by atoms with Crippen LogP contribution in [0.5, 0.6) is 5.75 Å². The van der Waals surface area contributed by atoms with Crippen molar-refractivity contribution in [1.82, 2.24) is 9.88 Å². The van der Waals surface area contributed by atoms with Crippen LogP contribution in [0.3, 0.4) is 0 Å². The van der Waals surface area contributed by atoms with E-state index in [0.717, 1.165) is 26.2 Å². The Morgan fingerprint density at radius 2 is 1.90 bits per heavy atom. The first-order valence-corrected chi connectivity index (χ1v) is 9.54. The van der Waals surface area contributed by atoms with Gasteiger partial charge in [0, 0.05) is 43.7 Å². The summed E-state index contributed by atoms with van der Waals surface area (Å²) >= 11 is 0. The maximum atomic E-state index is 13.1. The molecule has 154 valence electrons. The number of hydrogen-bond donors (Lipinski definition) is 2. The number of likely N-dealkylation sites (N-methyl/N-ethyl adjacent to an activating group) is 1. The maximum Gasteiger partial charge on any atom is 0.271 e. The number of benzene rings is 2. The zero-order valence-electron chi connectivity index (χ0n) is 16.4. The van der Waals surface area contributed by atoms with E-state index in [9.17, 15) is 20.0 Å². The number of aromatic nitrogens is 1. The van der Waals surface area contributed by atoms with Crippen LogP contribution in [0.1, 0.15) is 10.4 Å². The van der Waals surface area contributed by atoms with Crippen LogP contribution in [0.4, 0.5) is 17.1 Å². The number of amides is 1. The van der Waals surface area contributed by atoms with Gasteiger partial charge in [0.05, 0.1) is 33.6 Å². The third-order valence-electron chi connectivity index (χ3n) is 5.27. The number of anilines is 2. The lowest BCUT2D eigenvalue weighted by molar-refractivity contribution is -0.384. The van der Waals surface area contributed by atoms with Crippen LogP contribution in [0.2, 0.25) is 0 Å². The molecule has 0 unspecified atom stereocenters. The molecule has 0 saturated carbocycles. The van der Waals surface area contributed by atoms with Gasteiger partial charge >= 0.3 is 0 Å². The zero-order valence-corrected chi connectivity index (χ0v) is 16.4. The fraction of sp³-hybridized carbons (Fsp3) is 0.238. The number of non-ortho nitro benzene ring substituents is 1. The monoisotopic (exact) mass is 407 g/mol. The van der Waals surface area contributed by atoms with Gasteiger partial charge in [0.1, 0.15) is 5.75 Å². The molecule has 0 radical (unpaired) electrons. The summed E-state index contributed by atoms with van der Waals surface area (Å²) in [5, 5.41) is 24.9. The molecule has 0 bridgehead atoms. The Balaban J connectivity index is 1.73. The number of pyridine rings is 1. The number of nitro benzene ring substituents is 1. The average molecular weight is 407 g/mol. The predicted octanol–water partition coefficient (Wildman–Crippen LogP) is 2.85. The highest BCUT2D eigenvalue weighted by atomic mass is 16.6. The first-order valence-electron chi connectivity index (χ1n) is 9.54. The SMILES string of the molecule is CN1CCN(c2ccc([N+](=O)[O-])cc2NC(=O)c2c(O)cnc3ccccc23)CC1. The van der Waals surface area contributed by atoms with Crippen LogP contribution >= 0.6 is 0 Å². The lowest BCUT2D eigenvalue weighted by atomic mass is 10.1. The average Bonchev–Trinajstić information content (AvgIpc) is 2.74. The first-order chi connectivity index (χ1) is 14.4. The summed E-state index contributed by atoms with van der Waals surface area (Å²) in [6, 6.07) is 11.4. The zero-order chi connectivity index (χ0) is 21.3. The summed E-state index contributed by atoms with van der Waals surface area (Å²) in [7, 11) is 2.03. The second-order valence-corrected chi connectivity index (χ2v) is 7.24. The quantitative estimate of drug-likeness (QED) is 0.505. The molecule has 0 spiro atoms. The van der Waals surface area contributed by atoms with Crippen molar-refractivity contribution in [3.8, 4) is 5.75 Å². The normalized spacial score (nSPS) is 14.6. The molecule has 2 N–H and O–H groups in total. The van der Waals surface area contributed by atoms with Gasteiger partial charge in [-0.25, -0.2) is 0 Å². The molecule has 2 heterocycles. The Labute approximate surface area is 172 Å². The van der Waals surface area contributed by atoms with Gasteiger partial charge in [-0.15, -0.1) is 0 Å². The lowest BCUT2D eigenvalue weighted by Gasteiger charge is -2.35. The summed E-state index contributed by atoms with van der Waals surface area (Å²) in [6.07, 6.45) is 1.23. The number of hydrogen-bond acceptors (Lipinski definition) is 7. The van der Waals surface area contributed by atoms with Crippen LogP contribution in [0, 0.1) is 10.1 Å². The number of nitrogens with one attached hydrogen (secondary N) is 1. The largest absolute Gasteiger partial charge is 0.505 e. The minimum absolute atomic E-state index is 0.0800. The van der Waals surface area contributed by atoms with Crippen LogP contribution in [-0.2, 0) is 0 Å². The Morgan fingerprint density at radius 1 is 1.17 bits per heavy atom. The smallest absolute Gasteiger partial charge is 0.271 e. The molecule has 1 aliphatic heterocycles. The van der Waals surface area contributed by atoms with Crippen LogP contribution < -0.4 is 10.2 Å². The molecule has 1 amide bonds. The van der Waals surface area contributed by atoms with Crippen molar-refractivity contribution in [3.63, 3.8) is 0 Å². The van der Waals surface area contributed by atoms with Gasteiger partial charge in [0.25, 0.3) is 11.6 Å². The minimum Gasteiger partial charge on any atom is -0.505 e. The number of nitrogens with zero attached hydrogens (tertiary/aromatic N) is 4. The second-order valence-electron chi connectivity index (χ2n) is 7.24.